The number of carboxylic acids is 1. The molecule has 5 unspecified atom stereocenters. The summed E-state index contributed by atoms with van der Waals surface area (Å²) in [5.41, 5.74) is -1.50. The van der Waals surface area contributed by atoms with Crippen LogP contribution in [-0.4, -0.2) is 87.2 Å². The Morgan fingerprint density at radius 3 is 2.05 bits per heavy atom. The van der Waals surface area contributed by atoms with E-state index in [1.165, 1.54) is 6.42 Å². The predicted octanol–water partition coefficient (Wildman–Crippen LogP) is -1.80. The molecular weight excluding hydrogens is 452 g/mol. The quantitative estimate of drug-likeness (QED) is 0.387. The van der Waals surface area contributed by atoms with Gasteiger partial charge in [0.1, 0.15) is 54.9 Å². The minimum atomic E-state index is -0.843. The van der Waals surface area contributed by atoms with Crippen LogP contribution in [0.1, 0.15) is 79.1 Å². The second-order valence-corrected chi connectivity index (χ2v) is 16.6. The highest BCUT2D eigenvalue weighted by atomic mass is 16.4. The molecule has 0 aromatic carbocycles. The topological polar surface area (TPSA) is 77.8 Å². The van der Waals surface area contributed by atoms with Crippen LogP contribution in [0.25, 0.3) is 0 Å². The van der Waals surface area contributed by atoms with Crippen LogP contribution in [0.5, 0.6) is 0 Å². The zero-order valence-corrected chi connectivity index (χ0v) is 25.9. The van der Waals surface area contributed by atoms with Crippen LogP contribution in [0.15, 0.2) is 0 Å². The summed E-state index contributed by atoms with van der Waals surface area (Å²) in [7, 11) is 15.7. The number of hydrogen-bond acceptors (Lipinski definition) is 3. The first kappa shape index (κ1) is 29.8. The molecule has 200 valence electrons. The van der Waals surface area contributed by atoms with Gasteiger partial charge in [-0.3, -0.25) is 4.79 Å². The average Bonchev–Trinajstić information content (AvgIpc) is 3.11. The number of fused-ring (bicyclic) bond motifs is 5. The number of aliphatic hydroxyl groups is 2. The molecule has 0 heterocycles. The van der Waals surface area contributed by atoms with Gasteiger partial charge in [-0.15, -0.1) is 0 Å². The maximum absolute atomic E-state index is 12.9. The van der Waals surface area contributed by atoms with Gasteiger partial charge < -0.3 is 15.3 Å². The van der Waals surface area contributed by atoms with Crippen LogP contribution in [0.4, 0.5) is 0 Å². The molecule has 0 bridgehead atoms. The molecule has 4 fully saturated rings. The minimum absolute atomic E-state index is 0.0290. The number of hydrogen-bond donors (Lipinski definition) is 3. The molecule has 4 saturated carbocycles. The van der Waals surface area contributed by atoms with E-state index in [2.05, 4.69) is 82.6 Å². The van der Waals surface area contributed by atoms with E-state index in [4.69, 9.17) is 0 Å². The van der Waals surface area contributed by atoms with Crippen molar-refractivity contribution in [3.8, 4) is 0 Å². The first-order valence-electron chi connectivity index (χ1n) is 15.3. The highest BCUT2D eigenvalue weighted by Gasteiger charge is 2.76. The van der Waals surface area contributed by atoms with Crippen LogP contribution in [-0.2, 0) is 4.79 Å². The predicted molar refractivity (Wildman–Crippen MR) is 171 cm³/mol. The second kappa shape index (κ2) is 8.67. The van der Waals surface area contributed by atoms with E-state index in [0.717, 1.165) is 38.5 Å². The van der Waals surface area contributed by atoms with E-state index in [0.29, 0.717) is 23.7 Å². The van der Waals surface area contributed by atoms with Crippen molar-refractivity contribution in [2.75, 3.05) is 0 Å². The highest BCUT2D eigenvalue weighted by molar-refractivity contribution is 6.52. The second-order valence-electron chi connectivity index (χ2n) is 16.6. The van der Waals surface area contributed by atoms with Gasteiger partial charge in [-0.2, -0.15) is 0 Å². The molecule has 0 radical (unpaired) electrons. The Hall–Kier alpha value is -0.155. The molecule has 37 heavy (non-hydrogen) atoms. The number of aliphatic carboxylic acids is 1. The third kappa shape index (κ3) is 3.66. The molecule has 4 aliphatic rings. The van der Waals surface area contributed by atoms with Gasteiger partial charge in [-0.25, -0.2) is 0 Å². The largest absolute Gasteiger partial charge is 0.481 e. The molecule has 0 aromatic heterocycles. The van der Waals surface area contributed by atoms with Gasteiger partial charge in [-0.05, 0) is 83.8 Å². The van der Waals surface area contributed by atoms with Gasteiger partial charge in [0.15, 0.2) is 0 Å². The lowest BCUT2D eigenvalue weighted by molar-refractivity contribution is -0.223. The van der Waals surface area contributed by atoms with Gasteiger partial charge in [-0.1, -0.05) is 51.0 Å². The number of carboxylic acid groups (broad SMARTS) is 1. The maximum atomic E-state index is 12.9. The highest BCUT2D eigenvalue weighted by Crippen LogP contribution is 2.81. The van der Waals surface area contributed by atoms with E-state index in [1.807, 2.05) is 0 Å². The van der Waals surface area contributed by atoms with E-state index < -0.39 is 17.0 Å². The lowest BCUT2D eigenvalue weighted by atomic mass is 9.13. The molecule has 3 N–H and O–H groups in total. The van der Waals surface area contributed by atoms with E-state index in [-0.39, 0.29) is 44.8 Å². The van der Waals surface area contributed by atoms with Crippen molar-refractivity contribution in [1.29, 1.82) is 0 Å². The lowest BCUT2D eigenvalue weighted by Crippen LogP contribution is -2.77. The van der Waals surface area contributed by atoms with Crippen molar-refractivity contribution in [3.63, 3.8) is 0 Å². The van der Waals surface area contributed by atoms with Gasteiger partial charge >= 0.3 is 5.97 Å². The molecule has 0 aromatic rings. The van der Waals surface area contributed by atoms with E-state index in [9.17, 15) is 20.1 Å². The third-order valence-electron chi connectivity index (χ3n) is 14.6. The standard InChI is InChI=1S/C26H51B7O4/c1-5-22(27)19-21(4,12-23(28,29)26(33,37)24(19,30)31)16-10-11-20(3)14(13(2)6-9-17(34)35)7-8-15(20)18(16)25(22,32)36/h13-16,18-19,36-37H,5-12,27-33H2,1-4H3,(H,34,35)/t13-,14?,15?,16?,18?,19?,20-,21-,22-,25+,26-/m1/s1. The van der Waals surface area contributed by atoms with Gasteiger partial charge in [0, 0.05) is 17.4 Å². The van der Waals surface area contributed by atoms with Gasteiger partial charge in [0.05, 0.1) is 0 Å². The number of rotatable bonds is 5. The molecular formula is C26H51B7O4. The number of carbonyl (C=O) groups is 1. The summed E-state index contributed by atoms with van der Waals surface area (Å²) in [6.07, 6.45) is 7.45. The molecule has 11 heteroatoms. The Morgan fingerprint density at radius 2 is 1.51 bits per heavy atom. The van der Waals surface area contributed by atoms with Gasteiger partial charge in [0.25, 0.3) is 0 Å². The summed E-state index contributed by atoms with van der Waals surface area (Å²) < 4.78 is 0. The Morgan fingerprint density at radius 1 is 0.946 bits per heavy atom. The van der Waals surface area contributed by atoms with Crippen LogP contribution in [0, 0.1) is 46.3 Å². The van der Waals surface area contributed by atoms with Crippen LogP contribution < -0.4 is 0 Å². The zero-order valence-electron chi connectivity index (χ0n) is 25.9. The van der Waals surface area contributed by atoms with Crippen LogP contribution >= 0.6 is 0 Å². The molecule has 4 nitrogen and oxygen atoms in total. The summed E-state index contributed by atoms with van der Waals surface area (Å²) in [5, 5.41) is 33.4. The molecule has 11 atom stereocenters. The van der Waals surface area contributed by atoms with Crippen molar-refractivity contribution < 1.29 is 20.1 Å². The monoisotopic (exact) mass is 504 g/mol. The Balaban J connectivity index is 1.83. The minimum Gasteiger partial charge on any atom is -0.481 e. The fourth-order valence-electron chi connectivity index (χ4n) is 12.5. The lowest BCUT2D eigenvalue weighted by Gasteiger charge is -2.79. The molecule has 0 spiro atoms. The van der Waals surface area contributed by atoms with Crippen LogP contribution in [0.2, 0.25) is 15.7 Å². The van der Waals surface area contributed by atoms with Crippen molar-refractivity contribution in [1.82, 2.24) is 0 Å². The van der Waals surface area contributed by atoms with Crippen LogP contribution in [0.3, 0.4) is 0 Å². The molecule has 4 rings (SSSR count). The molecule has 0 amide bonds. The first-order valence-corrected chi connectivity index (χ1v) is 15.3. The fourth-order valence-corrected chi connectivity index (χ4v) is 12.5. The smallest absolute Gasteiger partial charge is 0.303 e. The maximum Gasteiger partial charge on any atom is 0.303 e. The molecule has 0 aliphatic heterocycles. The third-order valence-corrected chi connectivity index (χ3v) is 14.6. The normalized spacial score (nSPS) is 52.9. The van der Waals surface area contributed by atoms with Crippen molar-refractivity contribution >= 4 is 60.9 Å². The summed E-state index contributed by atoms with van der Waals surface area (Å²) in [4.78, 5) is 11.3. The zero-order chi connectivity index (χ0) is 28.2. The van der Waals surface area contributed by atoms with E-state index in [1.54, 1.807) is 0 Å². The van der Waals surface area contributed by atoms with E-state index >= 15 is 0 Å². The summed E-state index contributed by atoms with van der Waals surface area (Å²) in [6.45, 7) is 9.54. The SMILES string of the molecule is BC1(B)C[C@]2(C)C3CC[C@@]4(C)C(CCC4[C@H](C)CCC(=O)O)C3[C@](B)(O)[C@@](B)(CC)C2C(B)(B)[C@]1(B)O. The molecule has 4 aliphatic carbocycles. The summed E-state index contributed by atoms with van der Waals surface area (Å²) >= 11 is 0. The molecule has 0 saturated heterocycles. The fraction of sp³-hybridized carbons (Fsp3) is 0.962. The summed E-state index contributed by atoms with van der Waals surface area (Å²) in [6, 6.07) is 0. The Kier molecular flexibility index (Phi) is 6.99. The Bertz CT molecular complexity index is 942. The Labute approximate surface area is 232 Å². The average molecular weight is 503 g/mol. The van der Waals surface area contributed by atoms with Crippen molar-refractivity contribution in [3.05, 3.63) is 0 Å². The first-order chi connectivity index (χ1) is 16.7. The summed E-state index contributed by atoms with van der Waals surface area (Å²) in [5.74, 6) is 1.52. The van der Waals surface area contributed by atoms with Gasteiger partial charge in [0.2, 0.25) is 0 Å². The van der Waals surface area contributed by atoms with Crippen molar-refractivity contribution in [2.24, 2.45) is 46.3 Å². The van der Waals surface area contributed by atoms with Crippen molar-refractivity contribution in [2.45, 2.75) is 106 Å².